The zero-order chi connectivity index (χ0) is 16.2. The maximum atomic E-state index is 12.0. The molecule has 6 atom stereocenters. The van der Waals surface area contributed by atoms with Crippen LogP contribution in [0.2, 0.25) is 0 Å². The summed E-state index contributed by atoms with van der Waals surface area (Å²) in [4.78, 5) is 12.0. The van der Waals surface area contributed by atoms with Gasteiger partial charge in [-0.3, -0.25) is 4.79 Å². The van der Waals surface area contributed by atoms with Crippen LogP contribution >= 0.6 is 22.6 Å². The van der Waals surface area contributed by atoms with E-state index in [0.717, 1.165) is 43.1 Å². The fraction of sp³-hybridized carbons (Fsp3) is 0.850. The molecule has 3 heteroatoms. The zero-order valence-corrected chi connectivity index (χ0v) is 16.7. The number of rotatable bonds is 0. The number of carbonyl (C=O) groups excluding carboxylic acids is 1. The number of carbonyl (C=O) groups is 1. The fourth-order valence-electron chi connectivity index (χ4n) is 6.77. The van der Waals surface area contributed by atoms with E-state index in [1.165, 1.54) is 38.5 Å². The lowest BCUT2D eigenvalue weighted by atomic mass is 9.46. The molecule has 4 rings (SSSR count). The van der Waals surface area contributed by atoms with Crippen LogP contribution in [0.25, 0.3) is 0 Å². The van der Waals surface area contributed by atoms with E-state index in [1.54, 1.807) is 3.58 Å². The molecule has 0 aromatic carbocycles. The van der Waals surface area contributed by atoms with E-state index < -0.39 is 0 Å². The largest absolute Gasteiger partial charge is 0.356 e. The van der Waals surface area contributed by atoms with E-state index in [1.807, 2.05) is 0 Å². The van der Waals surface area contributed by atoms with Gasteiger partial charge in [-0.15, -0.1) is 0 Å². The summed E-state index contributed by atoms with van der Waals surface area (Å²) in [6.45, 7) is 5.97. The van der Waals surface area contributed by atoms with Crippen LogP contribution in [-0.2, 0) is 4.79 Å². The number of hydrogen-bond donors (Lipinski definition) is 1. The van der Waals surface area contributed by atoms with Crippen molar-refractivity contribution in [3.05, 3.63) is 9.66 Å². The predicted octanol–water partition coefficient (Wildman–Crippen LogP) is 5.07. The maximum absolute atomic E-state index is 12.0. The molecule has 23 heavy (non-hydrogen) atoms. The van der Waals surface area contributed by atoms with Gasteiger partial charge >= 0.3 is 0 Å². The van der Waals surface area contributed by atoms with Crippen molar-refractivity contribution in [1.82, 2.24) is 5.32 Å². The minimum absolute atomic E-state index is 0.282. The molecule has 3 aliphatic carbocycles. The molecule has 2 nitrogen and oxygen atoms in total. The van der Waals surface area contributed by atoms with Gasteiger partial charge < -0.3 is 5.32 Å². The van der Waals surface area contributed by atoms with Gasteiger partial charge in [0.25, 0.3) is 0 Å². The zero-order valence-electron chi connectivity index (χ0n) is 14.5. The summed E-state index contributed by atoms with van der Waals surface area (Å²) in [5.74, 6) is 3.71. The average Bonchev–Trinajstić information content (AvgIpc) is 2.82. The van der Waals surface area contributed by atoms with Crippen molar-refractivity contribution in [3.63, 3.8) is 0 Å². The lowest BCUT2D eigenvalue weighted by Gasteiger charge is -2.59. The van der Waals surface area contributed by atoms with Gasteiger partial charge in [-0.1, -0.05) is 19.9 Å². The van der Waals surface area contributed by atoms with Crippen molar-refractivity contribution in [2.75, 3.05) is 6.54 Å². The SMILES string of the molecule is CC12CCC(=O)NCCC1CC[C@@H]1C2CC[C@]2(C)C(I)=CC[C@@H]12. The second-order valence-corrected chi connectivity index (χ2v) is 10.2. The average molecular weight is 427 g/mol. The van der Waals surface area contributed by atoms with Crippen molar-refractivity contribution in [2.24, 2.45) is 34.5 Å². The van der Waals surface area contributed by atoms with Crippen LogP contribution in [0, 0.1) is 34.5 Å². The normalized spacial score (nSPS) is 49.9. The Hall–Kier alpha value is -0.0600. The second kappa shape index (κ2) is 5.74. The smallest absolute Gasteiger partial charge is 0.220 e. The Morgan fingerprint density at radius 2 is 1.96 bits per heavy atom. The number of fused-ring (bicyclic) bond motifs is 5. The summed E-state index contributed by atoms with van der Waals surface area (Å²) in [5, 5.41) is 3.11. The summed E-state index contributed by atoms with van der Waals surface area (Å²) in [5.41, 5.74) is 0.861. The number of amides is 1. The highest BCUT2D eigenvalue weighted by molar-refractivity contribution is 14.1. The van der Waals surface area contributed by atoms with Gasteiger partial charge in [0.15, 0.2) is 0 Å². The van der Waals surface area contributed by atoms with Crippen LogP contribution in [0.15, 0.2) is 9.66 Å². The van der Waals surface area contributed by atoms with Crippen molar-refractivity contribution < 1.29 is 4.79 Å². The van der Waals surface area contributed by atoms with Gasteiger partial charge in [0.2, 0.25) is 5.91 Å². The quantitative estimate of drug-likeness (QED) is 0.537. The first-order valence-electron chi connectivity index (χ1n) is 9.58. The summed E-state index contributed by atoms with van der Waals surface area (Å²) >= 11 is 2.61. The van der Waals surface area contributed by atoms with Crippen LogP contribution < -0.4 is 5.32 Å². The number of hydrogen-bond acceptors (Lipinski definition) is 1. The number of nitrogens with one attached hydrogen (secondary N) is 1. The second-order valence-electron chi connectivity index (χ2n) is 9.04. The molecule has 0 radical (unpaired) electrons. The molecule has 2 saturated carbocycles. The molecule has 3 fully saturated rings. The van der Waals surface area contributed by atoms with E-state index in [2.05, 4.69) is 47.8 Å². The third-order valence-electron chi connectivity index (χ3n) is 8.26. The van der Waals surface area contributed by atoms with Crippen LogP contribution in [-0.4, -0.2) is 12.5 Å². The molecule has 1 saturated heterocycles. The Bertz CT molecular complexity index is 544. The summed E-state index contributed by atoms with van der Waals surface area (Å²) < 4.78 is 1.63. The first-order valence-corrected chi connectivity index (χ1v) is 10.7. The molecule has 128 valence electrons. The van der Waals surface area contributed by atoms with Crippen molar-refractivity contribution >= 4 is 28.5 Å². The van der Waals surface area contributed by atoms with Gasteiger partial charge in [-0.05, 0) is 100 Å². The highest BCUT2D eigenvalue weighted by Gasteiger charge is 2.57. The van der Waals surface area contributed by atoms with E-state index in [0.29, 0.717) is 10.8 Å². The molecule has 4 aliphatic rings. The predicted molar refractivity (Wildman–Crippen MR) is 102 cm³/mol. The Balaban J connectivity index is 1.63. The van der Waals surface area contributed by atoms with Gasteiger partial charge in [0.05, 0.1) is 0 Å². The van der Waals surface area contributed by atoms with Crippen LogP contribution in [0.1, 0.15) is 65.2 Å². The van der Waals surface area contributed by atoms with Crippen LogP contribution in [0.5, 0.6) is 0 Å². The van der Waals surface area contributed by atoms with Gasteiger partial charge in [-0.25, -0.2) is 0 Å². The summed E-state index contributed by atoms with van der Waals surface area (Å²) in [6, 6.07) is 0. The lowest BCUT2D eigenvalue weighted by Crippen LogP contribution is -2.52. The Kier molecular flexibility index (Phi) is 4.10. The molecule has 1 amide bonds. The third kappa shape index (κ3) is 2.43. The Morgan fingerprint density at radius 1 is 1.13 bits per heavy atom. The molecule has 1 aliphatic heterocycles. The molecule has 0 aromatic heterocycles. The van der Waals surface area contributed by atoms with Crippen LogP contribution in [0.4, 0.5) is 0 Å². The van der Waals surface area contributed by atoms with Crippen molar-refractivity contribution in [1.29, 1.82) is 0 Å². The highest BCUT2D eigenvalue weighted by atomic mass is 127. The molecule has 0 spiro atoms. The number of allylic oxidation sites excluding steroid dienone is 2. The molecule has 3 unspecified atom stereocenters. The van der Waals surface area contributed by atoms with E-state index in [9.17, 15) is 4.79 Å². The van der Waals surface area contributed by atoms with Crippen LogP contribution in [0.3, 0.4) is 0 Å². The van der Waals surface area contributed by atoms with E-state index in [-0.39, 0.29) is 5.91 Å². The summed E-state index contributed by atoms with van der Waals surface area (Å²) in [6.07, 6.45) is 12.4. The minimum atomic E-state index is 0.282. The monoisotopic (exact) mass is 427 g/mol. The molecule has 0 bridgehead atoms. The highest BCUT2D eigenvalue weighted by Crippen LogP contribution is 2.66. The van der Waals surface area contributed by atoms with Crippen molar-refractivity contribution in [2.45, 2.75) is 65.2 Å². The Labute approximate surface area is 154 Å². The first kappa shape index (κ1) is 16.4. The first-order chi connectivity index (χ1) is 10.9. The fourth-order valence-corrected chi connectivity index (χ4v) is 7.69. The van der Waals surface area contributed by atoms with E-state index in [4.69, 9.17) is 0 Å². The minimum Gasteiger partial charge on any atom is -0.356 e. The number of halogens is 1. The molecule has 0 aromatic rings. The molecule has 1 N–H and O–H groups in total. The topological polar surface area (TPSA) is 29.1 Å². The third-order valence-corrected chi connectivity index (χ3v) is 9.93. The van der Waals surface area contributed by atoms with Crippen molar-refractivity contribution in [3.8, 4) is 0 Å². The lowest BCUT2D eigenvalue weighted by molar-refractivity contribution is -0.127. The van der Waals surface area contributed by atoms with E-state index >= 15 is 0 Å². The molecule has 1 heterocycles. The van der Waals surface area contributed by atoms with Gasteiger partial charge in [0, 0.05) is 18.4 Å². The summed E-state index contributed by atoms with van der Waals surface area (Å²) in [7, 11) is 0. The Morgan fingerprint density at radius 3 is 2.78 bits per heavy atom. The van der Waals surface area contributed by atoms with Gasteiger partial charge in [-0.2, -0.15) is 0 Å². The molecular formula is C20H30INO. The van der Waals surface area contributed by atoms with Gasteiger partial charge in [0.1, 0.15) is 0 Å². The maximum Gasteiger partial charge on any atom is 0.220 e. The molecular weight excluding hydrogens is 397 g/mol. The standard InChI is InChI=1S/C20H30INO/c1-19-11-8-18(23)22-12-9-13(19)3-4-14-15-5-6-17(21)20(15,2)10-7-16(14)19/h6,13-16H,3-5,7-12H2,1-2H3,(H,22,23)/t13?,14-,15-,16?,19?,20-/m0/s1.